The lowest BCUT2D eigenvalue weighted by molar-refractivity contribution is -0.135. The maximum Gasteiger partial charge on any atom is 0.139 e. The van der Waals surface area contributed by atoms with E-state index in [-0.39, 0.29) is 11.4 Å². The van der Waals surface area contributed by atoms with Crippen molar-refractivity contribution in [3.63, 3.8) is 0 Å². The summed E-state index contributed by atoms with van der Waals surface area (Å²) in [5.41, 5.74) is 2.20. The zero-order chi connectivity index (χ0) is 33.6. The van der Waals surface area contributed by atoms with E-state index in [1.165, 1.54) is 56.9 Å². The van der Waals surface area contributed by atoms with Gasteiger partial charge in [-0.05, 0) is 116 Å². The Kier molecular flexibility index (Phi) is 18.4. The number of ether oxygens (including phenoxy) is 2. The molecule has 0 aromatic heterocycles. The summed E-state index contributed by atoms with van der Waals surface area (Å²) in [6, 6.07) is 2.16. The molecule has 1 aromatic rings. The molecular formula is C40H74O3. The summed E-state index contributed by atoms with van der Waals surface area (Å²) >= 11 is 0. The molecule has 0 fully saturated rings. The van der Waals surface area contributed by atoms with E-state index in [1.54, 1.807) is 6.92 Å². The van der Waals surface area contributed by atoms with Gasteiger partial charge in [-0.3, -0.25) is 4.79 Å². The van der Waals surface area contributed by atoms with Crippen LogP contribution in [0.25, 0.3) is 0 Å². The van der Waals surface area contributed by atoms with Crippen molar-refractivity contribution in [1.29, 1.82) is 0 Å². The van der Waals surface area contributed by atoms with E-state index in [4.69, 9.17) is 9.47 Å². The van der Waals surface area contributed by atoms with Crippen LogP contribution in [0.3, 0.4) is 0 Å². The van der Waals surface area contributed by atoms with Crippen LogP contribution in [0.1, 0.15) is 178 Å². The van der Waals surface area contributed by atoms with E-state index >= 15 is 0 Å². The molecule has 2 rings (SSSR count). The van der Waals surface area contributed by atoms with Gasteiger partial charge in [-0.25, -0.2) is 0 Å². The second kappa shape index (κ2) is 19.1. The number of Topliss-reactive ketones (excluding diaryl/α,β-unsaturated/α-hetero) is 1. The van der Waals surface area contributed by atoms with Gasteiger partial charge in [0.2, 0.25) is 0 Å². The quantitative estimate of drug-likeness (QED) is 0.189. The molecule has 0 amide bonds. The molecule has 0 radical (unpaired) electrons. The SMILES string of the molecule is CC.CC.CC(=O)C(C)(C)C(C)(C)Oc1c(C)cc2c(c1C)CCC(C)(CCCC(C)CCCC(C)CCCC(C)C)O2. The van der Waals surface area contributed by atoms with Crippen molar-refractivity contribution in [2.75, 3.05) is 0 Å². The fourth-order valence-corrected chi connectivity index (χ4v) is 6.02. The first-order valence-corrected chi connectivity index (χ1v) is 18.0. The Morgan fingerprint density at radius 2 is 1.37 bits per heavy atom. The van der Waals surface area contributed by atoms with E-state index in [0.29, 0.717) is 0 Å². The van der Waals surface area contributed by atoms with E-state index in [1.807, 2.05) is 55.4 Å². The summed E-state index contributed by atoms with van der Waals surface area (Å²) in [6.07, 6.45) is 13.9. The number of carbonyl (C=O) groups excluding carboxylic acids is 1. The lowest BCUT2D eigenvalue weighted by Crippen LogP contribution is -2.48. The van der Waals surface area contributed by atoms with Crippen LogP contribution in [0.4, 0.5) is 0 Å². The standard InChI is InChI=1S/C36H62O3.2C2H6/c1-25(2)16-13-17-26(3)18-14-19-27(4)20-15-22-36(12)23-21-31-29(6)33(28(5)24-32(31)38-36)39-35(10,11)34(8,9)30(7)37;2*1-2/h24-27H,13-23H2,1-12H3;2*1-2H3. The number of hydrogen-bond donors (Lipinski definition) is 0. The Labute approximate surface area is 269 Å². The van der Waals surface area contributed by atoms with Gasteiger partial charge >= 0.3 is 0 Å². The molecule has 0 saturated heterocycles. The molecule has 0 N–H and O–H groups in total. The molecule has 1 aliphatic heterocycles. The summed E-state index contributed by atoms with van der Waals surface area (Å²) < 4.78 is 13.3. The van der Waals surface area contributed by atoms with E-state index in [9.17, 15) is 4.79 Å². The smallest absolute Gasteiger partial charge is 0.139 e. The average molecular weight is 603 g/mol. The third-order valence-corrected chi connectivity index (χ3v) is 10.1. The molecule has 3 unspecified atom stereocenters. The van der Waals surface area contributed by atoms with Crippen molar-refractivity contribution in [3.05, 3.63) is 22.8 Å². The van der Waals surface area contributed by atoms with Crippen LogP contribution in [-0.2, 0) is 11.2 Å². The third kappa shape index (κ3) is 12.8. The number of carbonyl (C=O) groups is 1. The summed E-state index contributed by atoms with van der Waals surface area (Å²) in [5, 5.41) is 0. The van der Waals surface area contributed by atoms with Gasteiger partial charge in [0.05, 0.1) is 5.41 Å². The normalized spacial score (nSPS) is 17.9. The Morgan fingerprint density at radius 1 is 0.884 bits per heavy atom. The van der Waals surface area contributed by atoms with Gasteiger partial charge in [0.15, 0.2) is 0 Å². The largest absolute Gasteiger partial charge is 0.487 e. The maximum atomic E-state index is 12.3. The van der Waals surface area contributed by atoms with Crippen molar-refractivity contribution < 1.29 is 14.3 Å². The molecule has 1 aliphatic rings. The molecule has 1 heterocycles. The third-order valence-electron chi connectivity index (χ3n) is 10.1. The highest BCUT2D eigenvalue weighted by Gasteiger charge is 2.44. The molecule has 3 atom stereocenters. The summed E-state index contributed by atoms with van der Waals surface area (Å²) in [6.45, 7) is 33.7. The average Bonchev–Trinajstić information content (AvgIpc) is 2.92. The van der Waals surface area contributed by atoms with Crippen LogP contribution < -0.4 is 9.47 Å². The Bertz CT molecular complexity index is 942. The van der Waals surface area contributed by atoms with Gasteiger partial charge in [-0.15, -0.1) is 0 Å². The predicted octanol–water partition coefficient (Wildman–Crippen LogP) is 12.7. The fraction of sp³-hybridized carbons (Fsp3) is 0.825. The van der Waals surface area contributed by atoms with Gasteiger partial charge in [-0.2, -0.15) is 0 Å². The maximum absolute atomic E-state index is 12.3. The summed E-state index contributed by atoms with van der Waals surface area (Å²) in [4.78, 5) is 12.3. The number of benzene rings is 1. The van der Waals surface area contributed by atoms with Crippen LogP contribution in [-0.4, -0.2) is 17.0 Å². The van der Waals surface area contributed by atoms with Crippen LogP contribution in [0.2, 0.25) is 0 Å². The molecule has 252 valence electrons. The zero-order valence-corrected chi connectivity index (χ0v) is 31.8. The Balaban J connectivity index is 0.00000422. The minimum Gasteiger partial charge on any atom is -0.487 e. The molecule has 1 aromatic carbocycles. The zero-order valence-electron chi connectivity index (χ0n) is 31.8. The van der Waals surface area contributed by atoms with E-state index in [2.05, 4.69) is 54.5 Å². The van der Waals surface area contributed by atoms with Gasteiger partial charge < -0.3 is 9.47 Å². The minimum absolute atomic E-state index is 0.102. The van der Waals surface area contributed by atoms with Crippen LogP contribution >= 0.6 is 0 Å². The first-order chi connectivity index (χ1) is 20.0. The first-order valence-electron chi connectivity index (χ1n) is 18.0. The second-order valence-electron chi connectivity index (χ2n) is 14.8. The highest BCUT2D eigenvalue weighted by Crippen LogP contribution is 2.45. The number of rotatable bonds is 16. The number of hydrogen-bond acceptors (Lipinski definition) is 3. The Hall–Kier alpha value is -1.51. The van der Waals surface area contributed by atoms with Crippen LogP contribution in [0, 0.1) is 37.0 Å². The molecule has 0 aliphatic carbocycles. The fourth-order valence-electron chi connectivity index (χ4n) is 6.02. The van der Waals surface area contributed by atoms with Gasteiger partial charge in [0.25, 0.3) is 0 Å². The molecule has 0 bridgehead atoms. The summed E-state index contributed by atoms with van der Waals surface area (Å²) in [5.74, 6) is 4.57. The van der Waals surface area contributed by atoms with Crippen molar-refractivity contribution in [3.8, 4) is 11.5 Å². The second-order valence-corrected chi connectivity index (χ2v) is 14.8. The highest BCUT2D eigenvalue weighted by molar-refractivity contribution is 5.82. The first kappa shape index (κ1) is 41.5. The van der Waals surface area contributed by atoms with Crippen molar-refractivity contribution in [2.24, 2.45) is 23.2 Å². The van der Waals surface area contributed by atoms with Gasteiger partial charge in [0.1, 0.15) is 28.5 Å². The molecule has 3 heteroatoms. The Morgan fingerprint density at radius 3 is 1.86 bits per heavy atom. The molecular weight excluding hydrogens is 528 g/mol. The molecule has 43 heavy (non-hydrogen) atoms. The molecule has 3 nitrogen and oxygen atoms in total. The van der Waals surface area contributed by atoms with Gasteiger partial charge in [0, 0.05) is 5.56 Å². The van der Waals surface area contributed by atoms with Crippen molar-refractivity contribution >= 4 is 5.78 Å². The molecule has 0 saturated carbocycles. The van der Waals surface area contributed by atoms with E-state index < -0.39 is 11.0 Å². The number of fused-ring (bicyclic) bond motifs is 1. The summed E-state index contributed by atoms with van der Waals surface area (Å²) in [7, 11) is 0. The topological polar surface area (TPSA) is 35.5 Å². The van der Waals surface area contributed by atoms with Gasteiger partial charge in [-0.1, -0.05) is 100 Å². The predicted molar refractivity (Wildman–Crippen MR) is 190 cm³/mol. The van der Waals surface area contributed by atoms with Crippen LogP contribution in [0.5, 0.6) is 11.5 Å². The molecule has 0 spiro atoms. The monoisotopic (exact) mass is 603 g/mol. The highest BCUT2D eigenvalue weighted by atomic mass is 16.5. The number of ketones is 1. The van der Waals surface area contributed by atoms with Crippen LogP contribution in [0.15, 0.2) is 6.07 Å². The lowest BCUT2D eigenvalue weighted by Gasteiger charge is -2.42. The van der Waals surface area contributed by atoms with E-state index in [0.717, 1.165) is 59.6 Å². The number of aryl methyl sites for hydroxylation is 1. The van der Waals surface area contributed by atoms with Crippen molar-refractivity contribution in [1.82, 2.24) is 0 Å². The lowest BCUT2D eigenvalue weighted by atomic mass is 9.74. The van der Waals surface area contributed by atoms with Crippen molar-refractivity contribution in [2.45, 2.75) is 193 Å². The minimum atomic E-state index is -0.616.